The number of hydrogen-bond donors (Lipinski definition) is 2. The van der Waals surface area contributed by atoms with Crippen LogP contribution in [0.15, 0.2) is 10.9 Å². The van der Waals surface area contributed by atoms with Crippen LogP contribution in [0, 0.1) is 5.41 Å². The van der Waals surface area contributed by atoms with Crippen molar-refractivity contribution < 1.29 is 4.79 Å². The summed E-state index contributed by atoms with van der Waals surface area (Å²) in [7, 11) is 0. The van der Waals surface area contributed by atoms with Crippen molar-refractivity contribution in [2.75, 3.05) is 6.54 Å². The van der Waals surface area contributed by atoms with Crippen molar-refractivity contribution in [3.63, 3.8) is 0 Å². The molecule has 1 rings (SSSR count). The number of carbonyl (C=O) groups excluding carboxylic acids is 1. The molecular formula is C14H21ClN2O2. The Kier molecular flexibility index (Phi) is 5.18. The molecule has 1 amide bonds. The summed E-state index contributed by atoms with van der Waals surface area (Å²) in [5.41, 5.74) is 0.465. The molecule has 5 heteroatoms. The minimum atomic E-state index is -0.394. The zero-order valence-electron chi connectivity index (χ0n) is 11.9. The average molecular weight is 285 g/mol. The second kappa shape index (κ2) is 6.24. The van der Waals surface area contributed by atoms with Crippen LogP contribution in [-0.2, 0) is 6.42 Å². The molecule has 0 saturated carbocycles. The third-order valence-electron chi connectivity index (χ3n) is 2.83. The van der Waals surface area contributed by atoms with E-state index in [1.165, 1.54) is 6.07 Å². The highest BCUT2D eigenvalue weighted by molar-refractivity contribution is 6.31. The van der Waals surface area contributed by atoms with Gasteiger partial charge in [-0.2, -0.15) is 0 Å². The van der Waals surface area contributed by atoms with Crippen LogP contribution in [-0.4, -0.2) is 17.4 Å². The predicted molar refractivity (Wildman–Crippen MR) is 77.9 cm³/mol. The van der Waals surface area contributed by atoms with Crippen LogP contribution in [0.25, 0.3) is 0 Å². The van der Waals surface area contributed by atoms with Gasteiger partial charge in [0.05, 0.1) is 5.02 Å². The lowest BCUT2D eigenvalue weighted by Crippen LogP contribution is -2.32. The van der Waals surface area contributed by atoms with E-state index in [4.69, 9.17) is 11.6 Å². The lowest BCUT2D eigenvalue weighted by Gasteiger charge is -2.18. The molecule has 0 aliphatic rings. The van der Waals surface area contributed by atoms with Crippen molar-refractivity contribution in [3.05, 3.63) is 32.7 Å². The van der Waals surface area contributed by atoms with Crippen LogP contribution in [0.1, 0.15) is 50.2 Å². The third kappa shape index (κ3) is 4.71. The Morgan fingerprint density at radius 1 is 1.42 bits per heavy atom. The van der Waals surface area contributed by atoms with Crippen molar-refractivity contribution in [1.82, 2.24) is 10.3 Å². The third-order valence-corrected chi connectivity index (χ3v) is 3.16. The molecule has 1 heterocycles. The van der Waals surface area contributed by atoms with Crippen LogP contribution in [0.4, 0.5) is 0 Å². The predicted octanol–water partition coefficient (Wildman–Crippen LogP) is 2.76. The molecule has 0 fully saturated rings. The standard InChI is InChI=1S/C14H21ClN2O2/c1-5-11-10(15)8-9(13(19)17-11)12(18)16-7-6-14(2,3)4/h8H,5-7H2,1-4H3,(H,16,18)(H,17,19). The number of carbonyl (C=O) groups is 1. The second-order valence-corrected chi connectivity index (χ2v) is 6.17. The summed E-state index contributed by atoms with van der Waals surface area (Å²) < 4.78 is 0. The van der Waals surface area contributed by atoms with Crippen LogP contribution in [0.5, 0.6) is 0 Å². The van der Waals surface area contributed by atoms with Crippen LogP contribution < -0.4 is 10.9 Å². The molecule has 0 bridgehead atoms. The summed E-state index contributed by atoms with van der Waals surface area (Å²) in [6.45, 7) is 8.71. The minimum Gasteiger partial charge on any atom is -0.352 e. The lowest BCUT2D eigenvalue weighted by atomic mass is 9.92. The second-order valence-electron chi connectivity index (χ2n) is 5.76. The molecule has 0 spiro atoms. The first-order valence-corrected chi connectivity index (χ1v) is 6.82. The van der Waals surface area contributed by atoms with E-state index in [2.05, 4.69) is 31.1 Å². The minimum absolute atomic E-state index is 0.0658. The normalized spacial score (nSPS) is 11.4. The molecule has 0 aromatic carbocycles. The first-order chi connectivity index (χ1) is 8.74. The van der Waals surface area contributed by atoms with E-state index < -0.39 is 5.56 Å². The highest BCUT2D eigenvalue weighted by atomic mass is 35.5. The number of aryl methyl sites for hydroxylation is 1. The Hall–Kier alpha value is -1.29. The van der Waals surface area contributed by atoms with Crippen molar-refractivity contribution in [2.45, 2.75) is 40.5 Å². The van der Waals surface area contributed by atoms with Crippen molar-refractivity contribution in [1.29, 1.82) is 0 Å². The Morgan fingerprint density at radius 3 is 2.58 bits per heavy atom. The number of aromatic nitrogens is 1. The Labute approximate surface area is 118 Å². The zero-order valence-corrected chi connectivity index (χ0v) is 12.6. The van der Waals surface area contributed by atoms with Gasteiger partial charge < -0.3 is 10.3 Å². The Morgan fingerprint density at radius 2 is 2.05 bits per heavy atom. The largest absolute Gasteiger partial charge is 0.352 e. The smallest absolute Gasteiger partial charge is 0.261 e. The molecule has 0 atom stereocenters. The number of hydrogen-bond acceptors (Lipinski definition) is 2. The summed E-state index contributed by atoms with van der Waals surface area (Å²) in [6.07, 6.45) is 1.47. The Bertz CT molecular complexity index is 515. The van der Waals surface area contributed by atoms with Gasteiger partial charge in [0.15, 0.2) is 0 Å². The van der Waals surface area contributed by atoms with Gasteiger partial charge in [0.2, 0.25) is 0 Å². The van der Waals surface area contributed by atoms with E-state index in [0.29, 0.717) is 23.7 Å². The molecule has 2 N–H and O–H groups in total. The molecule has 0 aliphatic carbocycles. The summed E-state index contributed by atoms with van der Waals surface area (Å²) in [5, 5.41) is 3.16. The maximum Gasteiger partial charge on any atom is 0.261 e. The number of rotatable bonds is 4. The molecule has 106 valence electrons. The molecular weight excluding hydrogens is 264 g/mol. The number of nitrogens with one attached hydrogen (secondary N) is 2. The maximum atomic E-state index is 11.9. The fraction of sp³-hybridized carbons (Fsp3) is 0.571. The van der Waals surface area contributed by atoms with Crippen molar-refractivity contribution >= 4 is 17.5 Å². The van der Waals surface area contributed by atoms with Crippen LogP contribution in [0.2, 0.25) is 5.02 Å². The maximum absolute atomic E-state index is 11.9. The molecule has 0 aliphatic heterocycles. The van der Waals surface area contributed by atoms with Crippen molar-refractivity contribution in [2.24, 2.45) is 5.41 Å². The van der Waals surface area contributed by atoms with E-state index in [1.807, 2.05) is 6.92 Å². The fourth-order valence-electron chi connectivity index (χ4n) is 1.62. The summed E-state index contributed by atoms with van der Waals surface area (Å²) in [6, 6.07) is 1.44. The van der Waals surface area contributed by atoms with E-state index in [0.717, 1.165) is 6.42 Å². The summed E-state index contributed by atoms with van der Waals surface area (Å²) in [4.78, 5) is 26.3. The van der Waals surface area contributed by atoms with Gasteiger partial charge in [0.1, 0.15) is 5.56 Å². The van der Waals surface area contributed by atoms with Crippen LogP contribution >= 0.6 is 11.6 Å². The number of pyridine rings is 1. The molecule has 1 aromatic heterocycles. The van der Waals surface area contributed by atoms with Gasteiger partial charge in [-0.3, -0.25) is 9.59 Å². The fourth-order valence-corrected chi connectivity index (χ4v) is 1.91. The average Bonchev–Trinajstić information content (AvgIpc) is 2.29. The monoisotopic (exact) mass is 284 g/mol. The number of aromatic amines is 1. The number of H-pyrrole nitrogens is 1. The van der Waals surface area contributed by atoms with Gasteiger partial charge in [-0.05, 0) is 24.3 Å². The molecule has 0 radical (unpaired) electrons. The van der Waals surface area contributed by atoms with Gasteiger partial charge in [-0.1, -0.05) is 39.3 Å². The van der Waals surface area contributed by atoms with E-state index >= 15 is 0 Å². The first-order valence-electron chi connectivity index (χ1n) is 6.44. The van der Waals surface area contributed by atoms with Gasteiger partial charge >= 0.3 is 0 Å². The van der Waals surface area contributed by atoms with E-state index in [1.54, 1.807) is 0 Å². The van der Waals surface area contributed by atoms with E-state index in [9.17, 15) is 9.59 Å². The van der Waals surface area contributed by atoms with Gasteiger partial charge in [-0.15, -0.1) is 0 Å². The molecule has 0 unspecified atom stereocenters. The molecule has 1 aromatic rings. The molecule has 4 nitrogen and oxygen atoms in total. The molecule has 19 heavy (non-hydrogen) atoms. The summed E-state index contributed by atoms with van der Waals surface area (Å²) >= 11 is 6.00. The topological polar surface area (TPSA) is 62.0 Å². The molecule has 0 saturated heterocycles. The van der Waals surface area contributed by atoms with E-state index in [-0.39, 0.29) is 16.9 Å². The highest BCUT2D eigenvalue weighted by Crippen LogP contribution is 2.17. The summed E-state index contributed by atoms with van der Waals surface area (Å²) in [5.74, 6) is -0.380. The SMILES string of the molecule is CCc1[nH]c(=O)c(C(=O)NCCC(C)(C)C)cc1Cl. The highest BCUT2D eigenvalue weighted by Gasteiger charge is 2.15. The van der Waals surface area contributed by atoms with Gasteiger partial charge in [0, 0.05) is 12.2 Å². The van der Waals surface area contributed by atoms with Gasteiger partial charge in [-0.25, -0.2) is 0 Å². The van der Waals surface area contributed by atoms with Crippen molar-refractivity contribution in [3.8, 4) is 0 Å². The lowest BCUT2D eigenvalue weighted by molar-refractivity contribution is 0.0948. The zero-order chi connectivity index (χ0) is 14.6. The van der Waals surface area contributed by atoms with Crippen LogP contribution in [0.3, 0.4) is 0 Å². The Balaban J connectivity index is 2.78. The number of amides is 1. The van der Waals surface area contributed by atoms with Gasteiger partial charge in [0.25, 0.3) is 11.5 Å². The quantitative estimate of drug-likeness (QED) is 0.893. The first kappa shape index (κ1) is 15.8. The number of halogens is 1.